The Morgan fingerprint density at radius 1 is 1.38 bits per heavy atom. The fourth-order valence-electron chi connectivity index (χ4n) is 1.94. The number of nitrogens with zero attached hydrogens (tertiary/aromatic N) is 1. The zero-order chi connectivity index (χ0) is 16.2. The number of carboxylic acid groups (broad SMARTS) is 1. The SMILES string of the molecule is CCN(CC(=O)Nc1ccc(Br)c(C)c1)C(C)(C)C(=O)O. The van der Waals surface area contributed by atoms with Gasteiger partial charge in [-0.05, 0) is 51.1 Å². The molecule has 1 aromatic rings. The number of aliphatic carboxylic acids is 1. The lowest BCUT2D eigenvalue weighted by molar-refractivity contribution is -0.149. The molecule has 2 N–H and O–H groups in total. The molecular weight excluding hydrogens is 336 g/mol. The van der Waals surface area contributed by atoms with Crippen LogP contribution in [-0.4, -0.2) is 40.5 Å². The molecule has 0 atom stereocenters. The molecule has 0 aliphatic heterocycles. The summed E-state index contributed by atoms with van der Waals surface area (Å²) >= 11 is 3.40. The van der Waals surface area contributed by atoms with Crippen LogP contribution in [0.4, 0.5) is 5.69 Å². The molecule has 0 fully saturated rings. The maximum atomic E-state index is 12.1. The Morgan fingerprint density at radius 3 is 2.48 bits per heavy atom. The molecule has 6 heteroatoms. The molecule has 0 spiro atoms. The first-order valence-electron chi connectivity index (χ1n) is 6.73. The van der Waals surface area contributed by atoms with E-state index in [9.17, 15) is 14.7 Å². The summed E-state index contributed by atoms with van der Waals surface area (Å²) in [4.78, 5) is 25.0. The van der Waals surface area contributed by atoms with Crippen molar-refractivity contribution in [2.24, 2.45) is 0 Å². The standard InChI is InChI=1S/C15H21BrN2O3/c1-5-18(15(3,4)14(20)21)9-13(19)17-11-6-7-12(16)10(2)8-11/h6-8H,5,9H2,1-4H3,(H,17,19)(H,20,21). The normalized spacial score (nSPS) is 11.5. The van der Waals surface area contributed by atoms with Crippen LogP contribution in [-0.2, 0) is 9.59 Å². The highest BCUT2D eigenvalue weighted by Gasteiger charge is 2.34. The smallest absolute Gasteiger partial charge is 0.323 e. The highest BCUT2D eigenvalue weighted by atomic mass is 79.9. The van der Waals surface area contributed by atoms with Gasteiger partial charge in [-0.2, -0.15) is 0 Å². The number of aryl methyl sites for hydroxylation is 1. The van der Waals surface area contributed by atoms with E-state index in [0.717, 1.165) is 10.0 Å². The van der Waals surface area contributed by atoms with E-state index in [-0.39, 0.29) is 12.5 Å². The van der Waals surface area contributed by atoms with E-state index in [4.69, 9.17) is 0 Å². The van der Waals surface area contributed by atoms with Crippen molar-refractivity contribution >= 4 is 33.5 Å². The number of hydrogen-bond donors (Lipinski definition) is 2. The first kappa shape index (κ1) is 17.7. The summed E-state index contributed by atoms with van der Waals surface area (Å²) < 4.78 is 0.975. The van der Waals surface area contributed by atoms with Gasteiger partial charge in [0.05, 0.1) is 6.54 Å². The summed E-state index contributed by atoms with van der Waals surface area (Å²) in [6.45, 7) is 7.47. The summed E-state index contributed by atoms with van der Waals surface area (Å²) in [6.07, 6.45) is 0. The number of anilines is 1. The Morgan fingerprint density at radius 2 is 2.00 bits per heavy atom. The summed E-state index contributed by atoms with van der Waals surface area (Å²) in [5, 5.41) is 12.0. The lowest BCUT2D eigenvalue weighted by Gasteiger charge is -2.33. The van der Waals surface area contributed by atoms with E-state index in [1.165, 1.54) is 0 Å². The Bertz CT molecular complexity index is 544. The van der Waals surface area contributed by atoms with Crippen molar-refractivity contribution in [3.05, 3.63) is 28.2 Å². The van der Waals surface area contributed by atoms with Crippen LogP contribution in [0.25, 0.3) is 0 Å². The lowest BCUT2D eigenvalue weighted by Crippen LogP contribution is -2.52. The van der Waals surface area contributed by atoms with E-state index in [1.807, 2.05) is 26.0 Å². The van der Waals surface area contributed by atoms with Gasteiger partial charge in [0.1, 0.15) is 5.54 Å². The van der Waals surface area contributed by atoms with Gasteiger partial charge in [0, 0.05) is 10.2 Å². The fraction of sp³-hybridized carbons (Fsp3) is 0.467. The Kier molecular flexibility index (Phi) is 5.92. The number of carbonyl (C=O) groups excluding carboxylic acids is 1. The zero-order valence-electron chi connectivity index (χ0n) is 12.7. The van der Waals surface area contributed by atoms with Gasteiger partial charge in [-0.1, -0.05) is 22.9 Å². The van der Waals surface area contributed by atoms with E-state index in [2.05, 4.69) is 21.2 Å². The van der Waals surface area contributed by atoms with E-state index >= 15 is 0 Å². The van der Waals surface area contributed by atoms with Crippen molar-refractivity contribution in [2.45, 2.75) is 33.2 Å². The van der Waals surface area contributed by atoms with Crippen molar-refractivity contribution in [3.63, 3.8) is 0 Å². The van der Waals surface area contributed by atoms with Gasteiger partial charge in [-0.25, -0.2) is 0 Å². The Balaban J connectivity index is 2.75. The van der Waals surface area contributed by atoms with Crippen molar-refractivity contribution in [1.82, 2.24) is 4.90 Å². The largest absolute Gasteiger partial charge is 0.480 e. The third kappa shape index (κ3) is 4.54. The second-order valence-corrected chi connectivity index (χ2v) is 6.24. The van der Waals surface area contributed by atoms with Gasteiger partial charge in [0.25, 0.3) is 0 Å². The molecule has 5 nitrogen and oxygen atoms in total. The molecule has 0 unspecified atom stereocenters. The first-order chi connectivity index (χ1) is 9.68. The Hall–Kier alpha value is -1.40. The maximum absolute atomic E-state index is 12.1. The van der Waals surface area contributed by atoms with Gasteiger partial charge in [-0.15, -0.1) is 0 Å². The first-order valence-corrected chi connectivity index (χ1v) is 7.52. The minimum Gasteiger partial charge on any atom is -0.480 e. The third-order valence-electron chi connectivity index (χ3n) is 3.47. The van der Waals surface area contributed by atoms with Crippen LogP contribution in [0.15, 0.2) is 22.7 Å². The van der Waals surface area contributed by atoms with Crippen LogP contribution in [0.2, 0.25) is 0 Å². The molecule has 116 valence electrons. The van der Waals surface area contributed by atoms with Crippen LogP contribution < -0.4 is 5.32 Å². The fourth-order valence-corrected chi connectivity index (χ4v) is 2.18. The molecule has 0 saturated heterocycles. The molecule has 21 heavy (non-hydrogen) atoms. The molecule has 0 aliphatic rings. The van der Waals surface area contributed by atoms with Gasteiger partial charge >= 0.3 is 5.97 Å². The number of nitrogens with one attached hydrogen (secondary N) is 1. The minimum atomic E-state index is -1.08. The monoisotopic (exact) mass is 356 g/mol. The van der Waals surface area contributed by atoms with E-state index in [1.54, 1.807) is 24.8 Å². The number of rotatable bonds is 6. The molecular formula is C15H21BrN2O3. The van der Waals surface area contributed by atoms with Gasteiger partial charge in [0.2, 0.25) is 5.91 Å². The molecule has 1 aromatic carbocycles. The van der Waals surface area contributed by atoms with Crippen molar-refractivity contribution in [3.8, 4) is 0 Å². The highest BCUT2D eigenvalue weighted by Crippen LogP contribution is 2.20. The molecule has 0 heterocycles. The van der Waals surface area contributed by atoms with Crippen LogP contribution in [0, 0.1) is 6.92 Å². The summed E-state index contributed by atoms with van der Waals surface area (Å²) in [7, 11) is 0. The number of carbonyl (C=O) groups is 2. The minimum absolute atomic E-state index is 0.0327. The molecule has 1 amide bonds. The second kappa shape index (κ2) is 7.04. The quantitative estimate of drug-likeness (QED) is 0.822. The average Bonchev–Trinajstić information content (AvgIpc) is 2.39. The van der Waals surface area contributed by atoms with Crippen LogP contribution in [0.5, 0.6) is 0 Å². The second-order valence-electron chi connectivity index (χ2n) is 5.39. The molecule has 0 saturated carbocycles. The van der Waals surface area contributed by atoms with Crippen LogP contribution in [0.3, 0.4) is 0 Å². The lowest BCUT2D eigenvalue weighted by atomic mass is 10.0. The van der Waals surface area contributed by atoms with E-state index < -0.39 is 11.5 Å². The van der Waals surface area contributed by atoms with Crippen molar-refractivity contribution in [2.75, 3.05) is 18.4 Å². The van der Waals surface area contributed by atoms with Gasteiger partial charge in [0.15, 0.2) is 0 Å². The van der Waals surface area contributed by atoms with Crippen LogP contribution >= 0.6 is 15.9 Å². The highest BCUT2D eigenvalue weighted by molar-refractivity contribution is 9.10. The predicted molar refractivity (Wildman–Crippen MR) is 86.5 cm³/mol. The number of likely N-dealkylation sites (N-methyl/N-ethyl adjacent to an activating group) is 1. The zero-order valence-corrected chi connectivity index (χ0v) is 14.3. The summed E-state index contributed by atoms with van der Waals surface area (Å²) in [5.41, 5.74) is 0.637. The Labute approximate surface area is 133 Å². The molecule has 0 aromatic heterocycles. The molecule has 0 bridgehead atoms. The third-order valence-corrected chi connectivity index (χ3v) is 4.36. The van der Waals surface area contributed by atoms with Gasteiger partial charge < -0.3 is 10.4 Å². The molecule has 0 radical (unpaired) electrons. The summed E-state index contributed by atoms with van der Waals surface area (Å²) in [5.74, 6) is -1.18. The number of hydrogen-bond acceptors (Lipinski definition) is 3. The summed E-state index contributed by atoms with van der Waals surface area (Å²) in [6, 6.07) is 5.53. The number of benzene rings is 1. The topological polar surface area (TPSA) is 69.6 Å². The number of amides is 1. The molecule has 0 aliphatic carbocycles. The number of carboxylic acids is 1. The molecule has 1 rings (SSSR count). The number of halogens is 1. The van der Waals surface area contributed by atoms with E-state index in [0.29, 0.717) is 12.2 Å². The van der Waals surface area contributed by atoms with Crippen LogP contribution in [0.1, 0.15) is 26.3 Å². The van der Waals surface area contributed by atoms with Crippen molar-refractivity contribution in [1.29, 1.82) is 0 Å². The maximum Gasteiger partial charge on any atom is 0.323 e. The van der Waals surface area contributed by atoms with Crippen molar-refractivity contribution < 1.29 is 14.7 Å². The average molecular weight is 357 g/mol. The predicted octanol–water partition coefficient (Wildman–Crippen LogP) is 2.88. The van der Waals surface area contributed by atoms with Gasteiger partial charge in [-0.3, -0.25) is 14.5 Å².